The molecule has 0 saturated carbocycles. The first-order chi connectivity index (χ1) is 12.3. The number of nitrogens with zero attached hydrogens (tertiary/aromatic N) is 3. The number of aliphatic imine (C=N–C) groups is 1. The molecule has 1 aromatic carbocycles. The molecule has 0 atom stereocenters. The summed E-state index contributed by atoms with van der Waals surface area (Å²) in [5.41, 5.74) is 2.02. The number of hydrogen-bond donors (Lipinski definition) is 1. The molecule has 0 aliphatic rings. The van der Waals surface area contributed by atoms with E-state index in [1.807, 2.05) is 13.8 Å². The van der Waals surface area contributed by atoms with Crippen LogP contribution in [0.15, 0.2) is 29.5 Å². The molecule has 0 amide bonds. The minimum absolute atomic E-state index is 0.0511. The van der Waals surface area contributed by atoms with Crippen molar-refractivity contribution in [3.05, 3.63) is 36.0 Å². The third-order valence-electron chi connectivity index (χ3n) is 3.57. The van der Waals surface area contributed by atoms with Gasteiger partial charge in [-0.3, -0.25) is 4.79 Å². The Balaban J connectivity index is 2.45. The Hall–Kier alpha value is -2.83. The van der Waals surface area contributed by atoms with E-state index >= 15 is 0 Å². The number of Topliss-reactive ketones (excluding diaryl/α,β-unsaturated/α-hetero) is 1. The van der Waals surface area contributed by atoms with Crippen LogP contribution in [-0.2, 0) is 4.79 Å². The molecule has 0 spiro atoms. The summed E-state index contributed by atoms with van der Waals surface area (Å²) in [5, 5.41) is 3.12. The van der Waals surface area contributed by atoms with Crippen LogP contribution in [0.25, 0.3) is 0 Å². The van der Waals surface area contributed by atoms with Gasteiger partial charge in [-0.1, -0.05) is 6.92 Å². The SMILES string of the molecule is CCC(=O)/C(C)=N/c1c(C)ncnc1Nc1ccc(F)cc1OC(C)C. The Morgan fingerprint density at radius 2 is 2.08 bits per heavy atom. The van der Waals surface area contributed by atoms with Gasteiger partial charge in [0.1, 0.15) is 23.6 Å². The van der Waals surface area contributed by atoms with Crippen molar-refractivity contribution in [2.75, 3.05) is 5.32 Å². The second-order valence-corrected chi connectivity index (χ2v) is 6.06. The number of ketones is 1. The maximum absolute atomic E-state index is 13.6. The highest BCUT2D eigenvalue weighted by Gasteiger charge is 2.14. The van der Waals surface area contributed by atoms with Gasteiger partial charge in [0.05, 0.1) is 23.2 Å². The van der Waals surface area contributed by atoms with Gasteiger partial charge in [-0.15, -0.1) is 0 Å². The van der Waals surface area contributed by atoms with Crippen LogP contribution >= 0.6 is 0 Å². The van der Waals surface area contributed by atoms with Crippen molar-refractivity contribution in [1.29, 1.82) is 0 Å². The lowest BCUT2D eigenvalue weighted by atomic mass is 10.2. The minimum atomic E-state index is -0.396. The smallest absolute Gasteiger partial charge is 0.176 e. The van der Waals surface area contributed by atoms with E-state index in [9.17, 15) is 9.18 Å². The molecule has 2 rings (SSSR count). The van der Waals surface area contributed by atoms with Crippen molar-refractivity contribution in [2.45, 2.75) is 47.1 Å². The van der Waals surface area contributed by atoms with Gasteiger partial charge in [0.25, 0.3) is 0 Å². The first-order valence-electron chi connectivity index (χ1n) is 8.45. The van der Waals surface area contributed by atoms with E-state index in [1.54, 1.807) is 26.8 Å². The molecular weight excluding hydrogens is 335 g/mol. The van der Waals surface area contributed by atoms with E-state index < -0.39 is 5.82 Å². The molecule has 1 heterocycles. The fraction of sp³-hybridized carbons (Fsp3) is 0.368. The molecule has 6 nitrogen and oxygen atoms in total. The zero-order chi connectivity index (χ0) is 19.3. The van der Waals surface area contributed by atoms with Crippen LogP contribution in [-0.4, -0.2) is 27.6 Å². The van der Waals surface area contributed by atoms with Gasteiger partial charge in [-0.05, 0) is 39.8 Å². The predicted molar refractivity (Wildman–Crippen MR) is 100 cm³/mol. The quantitative estimate of drug-likeness (QED) is 0.736. The van der Waals surface area contributed by atoms with E-state index in [4.69, 9.17) is 4.74 Å². The van der Waals surface area contributed by atoms with Crippen LogP contribution in [0.3, 0.4) is 0 Å². The van der Waals surface area contributed by atoms with Crippen LogP contribution in [0, 0.1) is 12.7 Å². The molecule has 1 N–H and O–H groups in total. The number of carbonyl (C=O) groups is 1. The summed E-state index contributed by atoms with van der Waals surface area (Å²) < 4.78 is 19.3. The molecule has 138 valence electrons. The highest BCUT2D eigenvalue weighted by Crippen LogP contribution is 2.33. The largest absolute Gasteiger partial charge is 0.489 e. The van der Waals surface area contributed by atoms with Crippen LogP contribution in [0.4, 0.5) is 21.6 Å². The molecule has 0 bridgehead atoms. The van der Waals surface area contributed by atoms with Gasteiger partial charge in [-0.2, -0.15) is 0 Å². The van der Waals surface area contributed by atoms with E-state index in [0.29, 0.717) is 40.8 Å². The lowest BCUT2D eigenvalue weighted by molar-refractivity contribution is -0.112. The molecule has 0 saturated heterocycles. The number of aromatic nitrogens is 2. The lowest BCUT2D eigenvalue weighted by Gasteiger charge is -2.16. The highest BCUT2D eigenvalue weighted by atomic mass is 19.1. The summed E-state index contributed by atoms with van der Waals surface area (Å²) in [6.45, 7) is 8.94. The molecule has 0 fully saturated rings. The standard InChI is InChI=1S/C19H23FN4O2/c1-6-16(25)12(4)23-18-13(5)21-10-22-19(18)24-15-8-7-14(20)9-17(15)26-11(2)3/h7-11H,6H2,1-5H3,(H,21,22,24)/b23-12+. The summed E-state index contributed by atoms with van der Waals surface area (Å²) in [5.74, 6) is 0.339. The van der Waals surface area contributed by atoms with Crippen LogP contribution in [0.5, 0.6) is 5.75 Å². The molecule has 7 heteroatoms. The van der Waals surface area contributed by atoms with E-state index in [2.05, 4.69) is 20.3 Å². The van der Waals surface area contributed by atoms with Crippen molar-refractivity contribution in [3.8, 4) is 5.75 Å². The number of halogens is 1. The number of rotatable bonds is 7. The van der Waals surface area contributed by atoms with Gasteiger partial charge in [0, 0.05) is 12.5 Å². The third kappa shape index (κ3) is 4.84. The van der Waals surface area contributed by atoms with Crippen LogP contribution in [0.1, 0.15) is 39.8 Å². The normalized spacial score (nSPS) is 11.6. The highest BCUT2D eigenvalue weighted by molar-refractivity contribution is 6.39. The number of carbonyl (C=O) groups excluding carboxylic acids is 1. The zero-order valence-electron chi connectivity index (χ0n) is 15.6. The maximum Gasteiger partial charge on any atom is 0.176 e. The molecule has 0 unspecified atom stereocenters. The van der Waals surface area contributed by atoms with Gasteiger partial charge in [-0.25, -0.2) is 19.4 Å². The molecule has 2 aromatic rings. The van der Waals surface area contributed by atoms with Gasteiger partial charge in [0.15, 0.2) is 11.6 Å². The predicted octanol–water partition coefficient (Wildman–Crippen LogP) is 4.53. The second kappa shape index (κ2) is 8.51. The fourth-order valence-corrected chi connectivity index (χ4v) is 2.26. The summed E-state index contributed by atoms with van der Waals surface area (Å²) in [6, 6.07) is 4.21. The molecule has 0 aliphatic heterocycles. The number of benzene rings is 1. The van der Waals surface area contributed by atoms with Crippen molar-refractivity contribution >= 4 is 28.7 Å². The summed E-state index contributed by atoms with van der Waals surface area (Å²) in [7, 11) is 0. The Labute approximate surface area is 152 Å². The number of aryl methyl sites for hydroxylation is 1. The summed E-state index contributed by atoms with van der Waals surface area (Å²) in [4.78, 5) is 24.6. The number of nitrogens with one attached hydrogen (secondary N) is 1. The molecule has 26 heavy (non-hydrogen) atoms. The monoisotopic (exact) mass is 358 g/mol. The molecular formula is C19H23FN4O2. The number of hydrogen-bond acceptors (Lipinski definition) is 6. The average molecular weight is 358 g/mol. The van der Waals surface area contributed by atoms with Crippen molar-refractivity contribution in [2.24, 2.45) is 4.99 Å². The van der Waals surface area contributed by atoms with Crippen molar-refractivity contribution in [3.63, 3.8) is 0 Å². The Kier molecular flexibility index (Phi) is 6.38. The summed E-state index contributed by atoms with van der Waals surface area (Å²) in [6.07, 6.45) is 1.65. The zero-order valence-corrected chi connectivity index (χ0v) is 15.6. The second-order valence-electron chi connectivity index (χ2n) is 6.06. The Morgan fingerprint density at radius 3 is 2.73 bits per heavy atom. The molecule has 1 aromatic heterocycles. The third-order valence-corrected chi connectivity index (χ3v) is 3.57. The average Bonchev–Trinajstić information content (AvgIpc) is 2.58. The van der Waals surface area contributed by atoms with E-state index in [-0.39, 0.29) is 11.9 Å². The fourth-order valence-electron chi connectivity index (χ4n) is 2.26. The topological polar surface area (TPSA) is 76.5 Å². The number of anilines is 2. The Morgan fingerprint density at radius 1 is 1.35 bits per heavy atom. The molecule has 0 radical (unpaired) electrons. The van der Waals surface area contributed by atoms with E-state index in [0.717, 1.165) is 0 Å². The van der Waals surface area contributed by atoms with E-state index in [1.165, 1.54) is 18.5 Å². The lowest BCUT2D eigenvalue weighted by Crippen LogP contribution is -2.09. The maximum atomic E-state index is 13.6. The van der Waals surface area contributed by atoms with Gasteiger partial charge < -0.3 is 10.1 Å². The first-order valence-corrected chi connectivity index (χ1v) is 8.45. The van der Waals surface area contributed by atoms with Gasteiger partial charge >= 0.3 is 0 Å². The number of ether oxygens (including phenoxy) is 1. The van der Waals surface area contributed by atoms with Crippen molar-refractivity contribution < 1.29 is 13.9 Å². The van der Waals surface area contributed by atoms with Crippen LogP contribution < -0.4 is 10.1 Å². The Bertz CT molecular complexity index is 834. The van der Waals surface area contributed by atoms with Gasteiger partial charge in [0.2, 0.25) is 0 Å². The first kappa shape index (κ1) is 19.5. The summed E-state index contributed by atoms with van der Waals surface area (Å²) >= 11 is 0. The van der Waals surface area contributed by atoms with Crippen LogP contribution in [0.2, 0.25) is 0 Å². The van der Waals surface area contributed by atoms with Crippen molar-refractivity contribution in [1.82, 2.24) is 9.97 Å². The minimum Gasteiger partial charge on any atom is -0.489 e. The molecule has 0 aliphatic carbocycles.